The van der Waals surface area contributed by atoms with E-state index in [4.69, 9.17) is 14.2 Å². The third kappa shape index (κ3) is 7.95. The van der Waals surface area contributed by atoms with Gasteiger partial charge in [0.1, 0.15) is 34.6 Å². The molecule has 0 unspecified atom stereocenters. The second-order valence-corrected chi connectivity index (χ2v) is 7.59. The highest BCUT2D eigenvalue weighted by Gasteiger charge is 1.99. The van der Waals surface area contributed by atoms with Crippen LogP contribution in [0, 0.1) is 11.6 Å². The van der Waals surface area contributed by atoms with Gasteiger partial charge >= 0.3 is 0 Å². The molecule has 0 radical (unpaired) electrons. The third-order valence-electron chi connectivity index (χ3n) is 4.91. The molecule has 35 heavy (non-hydrogen) atoms. The van der Waals surface area contributed by atoms with Gasteiger partial charge in [0.25, 0.3) is 0 Å². The molecule has 5 heteroatoms. The lowest BCUT2D eigenvalue weighted by molar-refractivity contribution is 0.195. The third-order valence-corrected chi connectivity index (χ3v) is 4.91. The Morgan fingerprint density at radius 2 is 0.771 bits per heavy atom. The van der Waals surface area contributed by atoms with E-state index in [1.165, 1.54) is 24.3 Å². The summed E-state index contributed by atoms with van der Waals surface area (Å²) in [5.41, 5.74) is 2.05. The lowest BCUT2D eigenvalue weighted by Gasteiger charge is -2.05. The Bertz CT molecular complexity index is 1140. The van der Waals surface area contributed by atoms with Gasteiger partial charge in [-0.3, -0.25) is 0 Å². The molecule has 0 aliphatic heterocycles. The van der Waals surface area contributed by atoms with Crippen molar-refractivity contribution in [3.05, 3.63) is 132 Å². The van der Waals surface area contributed by atoms with E-state index in [-0.39, 0.29) is 11.6 Å². The molecular weight excluding hydrogens is 446 g/mol. The average molecular weight is 471 g/mol. The molecule has 0 bridgehead atoms. The highest BCUT2D eigenvalue weighted by atomic mass is 19.1. The number of halogens is 2. The molecule has 3 nitrogen and oxygen atoms in total. The fourth-order valence-electron chi connectivity index (χ4n) is 3.14. The van der Waals surface area contributed by atoms with Gasteiger partial charge in [0.05, 0.1) is 13.2 Å². The zero-order valence-corrected chi connectivity index (χ0v) is 18.9. The first-order valence-corrected chi connectivity index (χ1v) is 11.1. The van der Waals surface area contributed by atoms with Crippen LogP contribution in [-0.4, -0.2) is 13.2 Å². The Hall–Kier alpha value is -4.22. The van der Waals surface area contributed by atoms with Gasteiger partial charge in [0.2, 0.25) is 0 Å². The summed E-state index contributed by atoms with van der Waals surface area (Å²) in [7, 11) is 0. The van der Waals surface area contributed by atoms with E-state index in [0.29, 0.717) is 36.2 Å². The molecule has 0 fully saturated rings. The zero-order chi connectivity index (χ0) is 24.3. The molecule has 0 heterocycles. The Balaban J connectivity index is 1.16. The molecule has 0 atom stereocenters. The topological polar surface area (TPSA) is 27.7 Å². The second-order valence-electron chi connectivity index (χ2n) is 7.59. The van der Waals surface area contributed by atoms with E-state index < -0.39 is 0 Å². The van der Waals surface area contributed by atoms with Gasteiger partial charge in [-0.25, -0.2) is 8.78 Å². The van der Waals surface area contributed by atoms with Crippen LogP contribution in [0.5, 0.6) is 23.0 Å². The van der Waals surface area contributed by atoms with E-state index in [2.05, 4.69) is 0 Å². The van der Waals surface area contributed by atoms with E-state index in [1.54, 1.807) is 24.3 Å². The number of ether oxygens (including phenoxy) is 3. The lowest BCUT2D eigenvalue weighted by Crippen LogP contribution is -1.90. The SMILES string of the molecule is Fc1ccc(Oc2ccc(C=CCOCC=Cc3ccc(Oc4ccc(F)cc4)cc3)cc2)cc1. The number of hydrogen-bond acceptors (Lipinski definition) is 3. The van der Waals surface area contributed by atoms with Crippen molar-refractivity contribution in [2.24, 2.45) is 0 Å². The van der Waals surface area contributed by atoms with E-state index in [0.717, 1.165) is 11.1 Å². The molecule has 176 valence electrons. The number of rotatable bonds is 10. The fourth-order valence-corrected chi connectivity index (χ4v) is 3.14. The van der Waals surface area contributed by atoms with E-state index in [9.17, 15) is 8.78 Å². The predicted octanol–water partition coefficient (Wildman–Crippen LogP) is 8.29. The summed E-state index contributed by atoms with van der Waals surface area (Å²) in [6.07, 6.45) is 7.85. The van der Waals surface area contributed by atoms with Crippen LogP contribution < -0.4 is 9.47 Å². The maximum atomic E-state index is 13.0. The Morgan fingerprint density at radius 1 is 0.457 bits per heavy atom. The van der Waals surface area contributed by atoms with Gasteiger partial charge in [-0.15, -0.1) is 0 Å². The second kappa shape index (κ2) is 12.3. The summed E-state index contributed by atoms with van der Waals surface area (Å²) in [6.45, 7) is 0.977. The molecule has 0 saturated carbocycles. The summed E-state index contributed by atoms with van der Waals surface area (Å²) in [5, 5.41) is 0. The molecule has 4 aromatic rings. The maximum Gasteiger partial charge on any atom is 0.127 e. The first kappa shape index (κ1) is 23.9. The molecule has 0 N–H and O–H groups in total. The summed E-state index contributed by atoms with van der Waals surface area (Å²) in [5.74, 6) is 1.96. The average Bonchev–Trinajstić information content (AvgIpc) is 2.88. The first-order valence-electron chi connectivity index (χ1n) is 11.1. The number of benzene rings is 4. The van der Waals surface area contributed by atoms with Crippen LogP contribution in [0.1, 0.15) is 11.1 Å². The van der Waals surface area contributed by atoms with Gasteiger partial charge in [0, 0.05) is 0 Å². The van der Waals surface area contributed by atoms with Crippen molar-refractivity contribution in [3.8, 4) is 23.0 Å². The summed E-state index contributed by atoms with van der Waals surface area (Å²) in [6, 6.07) is 27.1. The Kier molecular flexibility index (Phi) is 8.41. The highest BCUT2D eigenvalue weighted by molar-refractivity contribution is 5.52. The van der Waals surface area contributed by atoms with Crippen molar-refractivity contribution >= 4 is 12.2 Å². The highest BCUT2D eigenvalue weighted by Crippen LogP contribution is 2.23. The van der Waals surface area contributed by atoms with Crippen LogP contribution in [0.3, 0.4) is 0 Å². The van der Waals surface area contributed by atoms with Crippen molar-refractivity contribution in [2.45, 2.75) is 0 Å². The van der Waals surface area contributed by atoms with Crippen LogP contribution >= 0.6 is 0 Å². The van der Waals surface area contributed by atoms with Crippen LogP contribution in [-0.2, 0) is 4.74 Å². The van der Waals surface area contributed by atoms with Gasteiger partial charge in [-0.05, 0) is 83.9 Å². The molecule has 0 aliphatic rings. The number of hydrogen-bond donors (Lipinski definition) is 0. The molecule has 0 saturated heterocycles. The fraction of sp³-hybridized carbons (Fsp3) is 0.0667. The van der Waals surface area contributed by atoms with Crippen LogP contribution in [0.2, 0.25) is 0 Å². The largest absolute Gasteiger partial charge is 0.457 e. The Labute approximate surface area is 203 Å². The van der Waals surface area contributed by atoms with Crippen molar-refractivity contribution in [1.82, 2.24) is 0 Å². The minimum atomic E-state index is -0.292. The molecule has 4 rings (SSSR count). The van der Waals surface area contributed by atoms with Crippen LogP contribution in [0.25, 0.3) is 12.2 Å². The summed E-state index contributed by atoms with van der Waals surface area (Å²) in [4.78, 5) is 0. The molecule has 0 aliphatic carbocycles. The molecule has 0 aromatic heterocycles. The molecule has 4 aromatic carbocycles. The predicted molar refractivity (Wildman–Crippen MR) is 135 cm³/mol. The normalized spacial score (nSPS) is 11.3. The van der Waals surface area contributed by atoms with Gasteiger partial charge in [-0.1, -0.05) is 48.6 Å². The lowest BCUT2D eigenvalue weighted by atomic mass is 10.2. The van der Waals surface area contributed by atoms with Gasteiger partial charge in [-0.2, -0.15) is 0 Å². The summed E-state index contributed by atoms with van der Waals surface area (Å²) < 4.78 is 42.9. The minimum Gasteiger partial charge on any atom is -0.457 e. The summed E-state index contributed by atoms with van der Waals surface area (Å²) >= 11 is 0. The van der Waals surface area contributed by atoms with E-state index in [1.807, 2.05) is 72.8 Å². The van der Waals surface area contributed by atoms with Crippen molar-refractivity contribution in [3.63, 3.8) is 0 Å². The molecule has 0 amide bonds. The minimum absolute atomic E-state index is 0.292. The van der Waals surface area contributed by atoms with Crippen LogP contribution in [0.15, 0.2) is 109 Å². The van der Waals surface area contributed by atoms with Gasteiger partial charge < -0.3 is 14.2 Å². The smallest absolute Gasteiger partial charge is 0.127 e. The van der Waals surface area contributed by atoms with Crippen molar-refractivity contribution < 1.29 is 23.0 Å². The van der Waals surface area contributed by atoms with Crippen molar-refractivity contribution in [1.29, 1.82) is 0 Å². The first-order chi connectivity index (χ1) is 17.1. The van der Waals surface area contributed by atoms with E-state index >= 15 is 0 Å². The zero-order valence-electron chi connectivity index (χ0n) is 18.9. The van der Waals surface area contributed by atoms with Gasteiger partial charge in [0.15, 0.2) is 0 Å². The molecular formula is C30H24F2O3. The van der Waals surface area contributed by atoms with Crippen molar-refractivity contribution in [2.75, 3.05) is 13.2 Å². The maximum absolute atomic E-state index is 13.0. The van der Waals surface area contributed by atoms with Crippen LogP contribution in [0.4, 0.5) is 8.78 Å². The monoisotopic (exact) mass is 470 g/mol. The Morgan fingerprint density at radius 3 is 1.11 bits per heavy atom. The quantitative estimate of drug-likeness (QED) is 0.218. The standard InChI is InChI=1S/C30H24F2O3/c31-25-9-17-29(18-10-25)34-27-13-5-23(6-14-27)3-1-21-33-22-2-4-24-7-15-28(16-8-24)35-30-19-11-26(32)12-20-30/h1-20H,21-22H2. The molecule has 0 spiro atoms.